The van der Waals surface area contributed by atoms with Gasteiger partial charge in [0.1, 0.15) is 12.7 Å². The minimum absolute atomic E-state index is 0.135. The van der Waals surface area contributed by atoms with Crippen LogP contribution < -0.4 is 0 Å². The molecule has 0 saturated heterocycles. The molecule has 0 aromatic heterocycles. The molecular formula is C10H17FO6S. The summed E-state index contributed by atoms with van der Waals surface area (Å²) in [4.78, 5) is 10.4. The highest BCUT2D eigenvalue weighted by molar-refractivity contribution is 7.81. The van der Waals surface area contributed by atoms with E-state index in [4.69, 9.17) is 0 Å². The summed E-state index contributed by atoms with van der Waals surface area (Å²) in [5, 5.41) is 9.45. The summed E-state index contributed by atoms with van der Waals surface area (Å²) >= 11 is 0. The maximum absolute atomic E-state index is 12.1. The van der Waals surface area contributed by atoms with Crippen LogP contribution >= 0.6 is 0 Å². The number of carbonyl (C=O) groups is 1. The third-order valence-electron chi connectivity index (χ3n) is 1.99. The van der Waals surface area contributed by atoms with Crippen molar-refractivity contribution in [2.75, 3.05) is 6.61 Å². The van der Waals surface area contributed by atoms with E-state index in [0.717, 1.165) is 0 Å². The molecule has 106 valence electrons. The number of aliphatic hydroxyl groups excluding tert-OH is 1. The highest BCUT2D eigenvalue weighted by Crippen LogP contribution is 2.10. The van der Waals surface area contributed by atoms with Gasteiger partial charge in [0.2, 0.25) is 0 Å². The Kier molecular flexibility index (Phi) is 7.72. The monoisotopic (exact) mass is 284 g/mol. The molecule has 0 saturated carbocycles. The number of hydrogen-bond acceptors (Lipinski definition) is 6. The van der Waals surface area contributed by atoms with Crippen molar-refractivity contribution in [3.05, 3.63) is 12.2 Å². The molecule has 0 fully saturated rings. The highest BCUT2D eigenvalue weighted by atomic mass is 32.3. The topological polar surface area (TPSA) is 89.9 Å². The van der Waals surface area contributed by atoms with Crippen molar-refractivity contribution in [3.8, 4) is 0 Å². The van der Waals surface area contributed by atoms with E-state index in [1.54, 1.807) is 12.2 Å². The van der Waals surface area contributed by atoms with E-state index in [9.17, 15) is 22.2 Å². The predicted molar refractivity (Wildman–Crippen MR) is 61.6 cm³/mol. The number of hydrogen-bond donors (Lipinski definition) is 1. The Labute approximate surface area is 106 Å². The number of allylic oxidation sites excluding steroid dienone is 1. The van der Waals surface area contributed by atoms with Crippen molar-refractivity contribution >= 4 is 16.5 Å². The smallest absolute Gasteiger partial charge is 0.437 e. The largest absolute Gasteiger partial charge is 0.462 e. The van der Waals surface area contributed by atoms with E-state index in [2.05, 4.69) is 8.92 Å². The van der Waals surface area contributed by atoms with Gasteiger partial charge in [-0.1, -0.05) is 16.0 Å². The van der Waals surface area contributed by atoms with E-state index in [0.29, 0.717) is 6.42 Å². The van der Waals surface area contributed by atoms with E-state index >= 15 is 0 Å². The normalized spacial score (nSPS) is 15.6. The number of halogens is 1. The lowest BCUT2D eigenvalue weighted by Crippen LogP contribution is -2.27. The van der Waals surface area contributed by atoms with Crippen LogP contribution in [0.5, 0.6) is 0 Å². The van der Waals surface area contributed by atoms with Crippen molar-refractivity contribution in [2.24, 2.45) is 0 Å². The van der Waals surface area contributed by atoms with Crippen LogP contribution in [0.25, 0.3) is 0 Å². The lowest BCUT2D eigenvalue weighted by atomic mass is 10.1. The molecule has 0 heterocycles. The zero-order valence-electron chi connectivity index (χ0n) is 10.2. The Bertz CT molecular complexity index is 378. The van der Waals surface area contributed by atoms with Crippen molar-refractivity contribution in [1.82, 2.24) is 0 Å². The number of ether oxygens (including phenoxy) is 1. The number of rotatable bonds is 8. The second kappa shape index (κ2) is 8.17. The van der Waals surface area contributed by atoms with Gasteiger partial charge in [0.15, 0.2) is 0 Å². The van der Waals surface area contributed by atoms with Crippen molar-refractivity contribution < 1.29 is 31.1 Å². The molecule has 0 bridgehead atoms. The average molecular weight is 284 g/mol. The van der Waals surface area contributed by atoms with Gasteiger partial charge >= 0.3 is 16.5 Å². The first-order valence-corrected chi connectivity index (χ1v) is 6.62. The third kappa shape index (κ3) is 10.2. The second-order valence-electron chi connectivity index (χ2n) is 3.61. The summed E-state index contributed by atoms with van der Waals surface area (Å²) in [5.41, 5.74) is 0. The van der Waals surface area contributed by atoms with Gasteiger partial charge in [0, 0.05) is 6.92 Å². The molecule has 1 N–H and O–H groups in total. The minimum Gasteiger partial charge on any atom is -0.462 e. The lowest BCUT2D eigenvalue weighted by Gasteiger charge is -2.15. The van der Waals surface area contributed by atoms with Gasteiger partial charge in [-0.2, -0.15) is 8.42 Å². The van der Waals surface area contributed by atoms with E-state index in [1.165, 1.54) is 13.8 Å². The lowest BCUT2D eigenvalue weighted by molar-refractivity contribution is -0.139. The fourth-order valence-corrected chi connectivity index (χ4v) is 1.59. The summed E-state index contributed by atoms with van der Waals surface area (Å²) in [7, 11) is -5.05. The first kappa shape index (κ1) is 17.0. The third-order valence-corrected chi connectivity index (χ3v) is 2.52. The molecule has 0 radical (unpaired) electrons. The fourth-order valence-electron chi connectivity index (χ4n) is 1.10. The van der Waals surface area contributed by atoms with Crippen LogP contribution in [0.3, 0.4) is 0 Å². The van der Waals surface area contributed by atoms with Crippen LogP contribution in [-0.2, 0) is 24.2 Å². The molecule has 0 aromatic carbocycles. The number of carbonyl (C=O) groups excluding carboxylic acids is 1. The van der Waals surface area contributed by atoms with E-state index in [-0.39, 0.29) is 13.0 Å². The van der Waals surface area contributed by atoms with E-state index in [1.807, 2.05) is 0 Å². The number of aliphatic hydroxyl groups is 1. The molecule has 18 heavy (non-hydrogen) atoms. The molecule has 0 spiro atoms. The molecule has 0 rings (SSSR count). The molecule has 6 nitrogen and oxygen atoms in total. The standard InChI is InChI=1S/C10H17FO6S/c1-8(17-18(11,14)15)10(13)6-4-3-5-7-16-9(2)12/h3,5,8,10,13H,4,6-7H2,1-2H3. The molecule has 8 heteroatoms. The van der Waals surface area contributed by atoms with Gasteiger partial charge in [0.25, 0.3) is 0 Å². The van der Waals surface area contributed by atoms with Gasteiger partial charge in [0.05, 0.1) is 6.10 Å². The van der Waals surface area contributed by atoms with Crippen LogP contribution in [0.15, 0.2) is 12.2 Å². The maximum Gasteiger partial charge on any atom is 0.437 e. The Morgan fingerprint density at radius 3 is 2.56 bits per heavy atom. The Morgan fingerprint density at radius 1 is 1.44 bits per heavy atom. The summed E-state index contributed by atoms with van der Waals surface area (Å²) < 4.78 is 41.1. The Hall–Kier alpha value is -0.990. The zero-order valence-corrected chi connectivity index (χ0v) is 11.0. The van der Waals surface area contributed by atoms with Crippen molar-refractivity contribution in [3.63, 3.8) is 0 Å². The summed E-state index contributed by atoms with van der Waals surface area (Å²) in [5.74, 6) is -0.394. The van der Waals surface area contributed by atoms with Crippen molar-refractivity contribution in [1.29, 1.82) is 0 Å². The Morgan fingerprint density at radius 2 is 2.06 bits per heavy atom. The maximum atomic E-state index is 12.1. The SMILES string of the molecule is CC(=O)OCC=CCCC(O)C(C)OS(=O)(=O)F. The van der Waals surface area contributed by atoms with Crippen molar-refractivity contribution in [2.45, 2.75) is 38.9 Å². The minimum atomic E-state index is -5.05. The Balaban J connectivity index is 3.82. The average Bonchev–Trinajstić information content (AvgIpc) is 2.19. The quantitative estimate of drug-likeness (QED) is 0.404. The molecular weight excluding hydrogens is 267 g/mol. The second-order valence-corrected chi connectivity index (χ2v) is 4.59. The van der Waals surface area contributed by atoms with Gasteiger partial charge in [-0.3, -0.25) is 4.79 Å². The van der Waals surface area contributed by atoms with Gasteiger partial charge in [-0.25, -0.2) is 4.18 Å². The van der Waals surface area contributed by atoms with Crippen LogP contribution in [-0.4, -0.2) is 38.3 Å². The molecule has 0 amide bonds. The predicted octanol–water partition coefficient (Wildman–Crippen LogP) is 0.866. The van der Waals surface area contributed by atoms with Gasteiger partial charge in [-0.15, -0.1) is 0 Å². The van der Waals surface area contributed by atoms with Gasteiger partial charge in [-0.05, 0) is 19.8 Å². The summed E-state index contributed by atoms with van der Waals surface area (Å²) in [6.07, 6.45) is 1.61. The highest BCUT2D eigenvalue weighted by Gasteiger charge is 2.21. The fraction of sp³-hybridized carbons (Fsp3) is 0.700. The molecule has 0 aliphatic rings. The first-order valence-electron chi connectivity index (χ1n) is 5.31. The summed E-state index contributed by atoms with van der Waals surface area (Å²) in [6, 6.07) is 0. The molecule has 2 atom stereocenters. The summed E-state index contributed by atoms with van der Waals surface area (Å²) in [6.45, 7) is 2.68. The van der Waals surface area contributed by atoms with E-state index < -0.39 is 28.7 Å². The molecule has 0 aliphatic heterocycles. The zero-order chi connectivity index (χ0) is 14.2. The van der Waals surface area contributed by atoms with Crippen LogP contribution in [0, 0.1) is 0 Å². The van der Waals surface area contributed by atoms with Crippen LogP contribution in [0.1, 0.15) is 26.7 Å². The van der Waals surface area contributed by atoms with Gasteiger partial charge < -0.3 is 9.84 Å². The molecule has 0 aliphatic carbocycles. The van der Waals surface area contributed by atoms with Crippen LogP contribution in [0.2, 0.25) is 0 Å². The number of esters is 1. The van der Waals surface area contributed by atoms with Crippen LogP contribution in [0.4, 0.5) is 3.89 Å². The first-order chi connectivity index (χ1) is 8.22. The molecule has 0 aromatic rings. The molecule has 2 unspecified atom stereocenters.